The normalized spacial score (nSPS) is 13.5. The molecule has 3 aromatic rings. The highest BCUT2D eigenvalue weighted by molar-refractivity contribution is 6.27. The number of ketones is 2. The van der Waals surface area contributed by atoms with Gasteiger partial charge < -0.3 is 9.80 Å². The summed E-state index contributed by atoms with van der Waals surface area (Å²) in [4.78, 5) is 44.5. The summed E-state index contributed by atoms with van der Waals surface area (Å²) in [6, 6.07) is 21.0. The number of fused-ring (bicyclic) bond motifs is 2. The van der Waals surface area contributed by atoms with Crippen molar-refractivity contribution in [1.29, 1.82) is 0 Å². The Labute approximate surface area is 193 Å². The molecule has 0 spiro atoms. The fourth-order valence-corrected chi connectivity index (χ4v) is 4.31. The van der Waals surface area contributed by atoms with Gasteiger partial charge in [-0.2, -0.15) is 0 Å². The van der Waals surface area contributed by atoms with Crippen molar-refractivity contribution in [3.05, 3.63) is 94.8 Å². The number of carbonyl (C=O) groups is 3. The first kappa shape index (κ1) is 22.4. The Morgan fingerprint density at radius 1 is 0.727 bits per heavy atom. The van der Waals surface area contributed by atoms with Crippen LogP contribution in [0.3, 0.4) is 0 Å². The third-order valence-corrected chi connectivity index (χ3v) is 5.95. The van der Waals surface area contributed by atoms with E-state index in [4.69, 9.17) is 0 Å². The van der Waals surface area contributed by atoms with E-state index in [1.807, 2.05) is 30.1 Å². The Kier molecular flexibility index (Phi) is 6.11. The zero-order valence-electron chi connectivity index (χ0n) is 19.3. The van der Waals surface area contributed by atoms with Gasteiger partial charge in [0.15, 0.2) is 0 Å². The van der Waals surface area contributed by atoms with Crippen LogP contribution in [-0.2, 0) is 11.3 Å². The Morgan fingerprint density at radius 3 is 1.97 bits per heavy atom. The van der Waals surface area contributed by atoms with E-state index in [1.165, 1.54) is 4.90 Å². The molecule has 0 bridgehead atoms. The molecule has 0 atom stereocenters. The SMILES string of the molecule is CN(CC(=O)N(C)C1=C(N(C)C)C(=O)c2ccccc2C1=O)Cc1cccc2ccccc12. The molecule has 0 saturated heterocycles. The molecule has 0 aromatic heterocycles. The molecule has 3 aromatic carbocycles. The summed E-state index contributed by atoms with van der Waals surface area (Å²) in [6.07, 6.45) is 0. The third-order valence-electron chi connectivity index (χ3n) is 5.95. The molecule has 0 aliphatic heterocycles. The van der Waals surface area contributed by atoms with Crippen molar-refractivity contribution >= 4 is 28.2 Å². The highest BCUT2D eigenvalue weighted by atomic mass is 16.2. The zero-order chi connectivity index (χ0) is 23.7. The number of hydrogen-bond acceptors (Lipinski definition) is 5. The highest BCUT2D eigenvalue weighted by Gasteiger charge is 2.36. The molecule has 1 aliphatic carbocycles. The molecule has 0 saturated carbocycles. The van der Waals surface area contributed by atoms with Crippen molar-refractivity contribution in [2.75, 3.05) is 34.7 Å². The van der Waals surface area contributed by atoms with Crippen molar-refractivity contribution in [2.24, 2.45) is 0 Å². The molecule has 33 heavy (non-hydrogen) atoms. The Bertz CT molecular complexity index is 1290. The fourth-order valence-electron chi connectivity index (χ4n) is 4.31. The first-order chi connectivity index (χ1) is 15.8. The first-order valence-corrected chi connectivity index (χ1v) is 10.8. The van der Waals surface area contributed by atoms with Crippen LogP contribution in [-0.4, -0.2) is 66.9 Å². The van der Waals surface area contributed by atoms with Gasteiger partial charge in [0, 0.05) is 38.8 Å². The monoisotopic (exact) mass is 441 g/mol. The lowest BCUT2D eigenvalue weighted by molar-refractivity contribution is -0.129. The molecule has 1 aliphatic rings. The number of amides is 1. The highest BCUT2D eigenvalue weighted by Crippen LogP contribution is 2.29. The van der Waals surface area contributed by atoms with Crippen molar-refractivity contribution < 1.29 is 14.4 Å². The lowest BCUT2D eigenvalue weighted by atomic mass is 9.89. The van der Waals surface area contributed by atoms with E-state index in [0.717, 1.165) is 16.3 Å². The summed E-state index contributed by atoms with van der Waals surface area (Å²) >= 11 is 0. The van der Waals surface area contributed by atoms with E-state index in [2.05, 4.69) is 24.3 Å². The maximum Gasteiger partial charge on any atom is 0.241 e. The number of benzene rings is 3. The summed E-state index contributed by atoms with van der Waals surface area (Å²) in [5, 5.41) is 2.30. The van der Waals surface area contributed by atoms with Crippen molar-refractivity contribution in [2.45, 2.75) is 6.54 Å². The van der Waals surface area contributed by atoms with Gasteiger partial charge in [0.05, 0.1) is 6.54 Å². The molecule has 168 valence electrons. The predicted octanol–water partition coefficient (Wildman–Crippen LogP) is 3.58. The zero-order valence-corrected chi connectivity index (χ0v) is 19.3. The van der Waals surface area contributed by atoms with Gasteiger partial charge in [-0.3, -0.25) is 19.3 Å². The van der Waals surface area contributed by atoms with E-state index in [-0.39, 0.29) is 35.4 Å². The first-order valence-electron chi connectivity index (χ1n) is 10.8. The van der Waals surface area contributed by atoms with Crippen LogP contribution in [0.4, 0.5) is 0 Å². The van der Waals surface area contributed by atoms with Crippen LogP contribution in [0.2, 0.25) is 0 Å². The minimum absolute atomic E-state index is 0.104. The van der Waals surface area contributed by atoms with Gasteiger partial charge in [-0.15, -0.1) is 0 Å². The molecule has 6 nitrogen and oxygen atoms in total. The van der Waals surface area contributed by atoms with Gasteiger partial charge in [0.25, 0.3) is 0 Å². The molecule has 0 unspecified atom stereocenters. The molecule has 0 radical (unpaired) electrons. The molecule has 0 fully saturated rings. The quantitative estimate of drug-likeness (QED) is 0.585. The number of hydrogen-bond donors (Lipinski definition) is 0. The topological polar surface area (TPSA) is 60.9 Å². The summed E-state index contributed by atoms with van der Waals surface area (Å²) in [7, 11) is 6.85. The van der Waals surface area contributed by atoms with E-state index < -0.39 is 0 Å². The van der Waals surface area contributed by atoms with Crippen molar-refractivity contribution in [3.8, 4) is 0 Å². The van der Waals surface area contributed by atoms with Gasteiger partial charge in [-0.1, -0.05) is 66.7 Å². The van der Waals surface area contributed by atoms with Crippen molar-refractivity contribution in [3.63, 3.8) is 0 Å². The smallest absolute Gasteiger partial charge is 0.241 e. The molecule has 0 heterocycles. The summed E-state index contributed by atoms with van der Waals surface area (Å²) in [5.74, 6) is -0.831. The van der Waals surface area contributed by atoms with Crippen LogP contribution in [0.1, 0.15) is 26.3 Å². The van der Waals surface area contributed by atoms with E-state index >= 15 is 0 Å². The molecular formula is C27H27N3O3. The maximum atomic E-state index is 13.3. The van der Waals surface area contributed by atoms with E-state index in [0.29, 0.717) is 17.7 Å². The Hall–Kier alpha value is -3.77. The van der Waals surface area contributed by atoms with Gasteiger partial charge >= 0.3 is 0 Å². The van der Waals surface area contributed by atoms with Crippen molar-refractivity contribution in [1.82, 2.24) is 14.7 Å². The summed E-state index contributed by atoms with van der Waals surface area (Å²) in [5.41, 5.74) is 2.16. The molecule has 1 amide bonds. The third kappa shape index (κ3) is 4.17. The van der Waals surface area contributed by atoms with Crippen LogP contribution < -0.4 is 0 Å². The Morgan fingerprint density at radius 2 is 1.30 bits per heavy atom. The van der Waals surface area contributed by atoms with Gasteiger partial charge in [0.1, 0.15) is 11.4 Å². The minimum Gasteiger partial charge on any atom is -0.373 e. The van der Waals surface area contributed by atoms with Crippen LogP contribution in [0.25, 0.3) is 10.8 Å². The second kappa shape index (κ2) is 9.00. The van der Waals surface area contributed by atoms with Gasteiger partial charge in [0.2, 0.25) is 17.5 Å². The largest absolute Gasteiger partial charge is 0.373 e. The van der Waals surface area contributed by atoms with Crippen LogP contribution in [0, 0.1) is 0 Å². The second-order valence-electron chi connectivity index (χ2n) is 8.56. The molecule has 0 N–H and O–H groups in total. The number of carbonyl (C=O) groups excluding carboxylic acids is 3. The lowest BCUT2D eigenvalue weighted by Crippen LogP contribution is -2.42. The lowest BCUT2D eigenvalue weighted by Gasteiger charge is -2.31. The number of allylic oxidation sites excluding steroid dienone is 2. The number of nitrogens with zero attached hydrogens (tertiary/aromatic N) is 3. The number of rotatable bonds is 6. The second-order valence-corrected chi connectivity index (χ2v) is 8.56. The standard InChI is InChI=1S/C27H27N3O3/c1-28(2)24-25(27(33)22-15-8-7-14-21(22)26(24)32)30(4)23(31)17-29(3)16-19-12-9-11-18-10-5-6-13-20(18)19/h5-15H,16-17H2,1-4H3. The maximum absolute atomic E-state index is 13.3. The average molecular weight is 442 g/mol. The summed E-state index contributed by atoms with van der Waals surface area (Å²) in [6.45, 7) is 0.684. The Balaban J connectivity index is 1.58. The predicted molar refractivity (Wildman–Crippen MR) is 129 cm³/mol. The average Bonchev–Trinajstić information content (AvgIpc) is 2.80. The van der Waals surface area contributed by atoms with Gasteiger partial charge in [-0.05, 0) is 23.4 Å². The summed E-state index contributed by atoms with van der Waals surface area (Å²) < 4.78 is 0. The molecule has 4 rings (SSSR count). The number of Topliss-reactive ketones (excluding diaryl/α,β-unsaturated/α-hetero) is 2. The van der Waals surface area contributed by atoms with Crippen LogP contribution in [0.15, 0.2) is 78.1 Å². The number of likely N-dealkylation sites (N-methyl/N-ethyl adjacent to an activating group) is 3. The van der Waals surface area contributed by atoms with Crippen LogP contribution >= 0.6 is 0 Å². The fraction of sp³-hybridized carbons (Fsp3) is 0.222. The van der Waals surface area contributed by atoms with Gasteiger partial charge in [-0.25, -0.2) is 0 Å². The minimum atomic E-state index is -0.318. The van der Waals surface area contributed by atoms with Crippen LogP contribution in [0.5, 0.6) is 0 Å². The van der Waals surface area contributed by atoms with E-state index in [1.54, 1.807) is 50.3 Å². The van der Waals surface area contributed by atoms with E-state index in [9.17, 15) is 14.4 Å². The molecular weight excluding hydrogens is 414 g/mol. The molecule has 6 heteroatoms.